The monoisotopic (exact) mass is 384 g/mol. The third-order valence-electron chi connectivity index (χ3n) is 4.22. The minimum atomic E-state index is -0.498. The molecule has 0 aliphatic rings. The molecule has 0 aliphatic heterocycles. The van der Waals surface area contributed by atoms with Crippen LogP contribution in [0.1, 0.15) is 34.5 Å². The Balaban J connectivity index is 1.66. The zero-order valence-electron chi connectivity index (χ0n) is 15.8. The Kier molecular flexibility index (Phi) is 5.44. The number of nitro groups is 1. The van der Waals surface area contributed by atoms with Gasteiger partial charge in [-0.05, 0) is 44.5 Å². The van der Waals surface area contributed by atoms with Crippen molar-refractivity contribution in [3.8, 4) is 5.75 Å². The minimum Gasteiger partial charge on any atom is -0.479 e. The molecule has 0 saturated carbocycles. The number of carbonyl (C=O) groups is 1. The van der Waals surface area contributed by atoms with E-state index in [1.54, 1.807) is 29.9 Å². The van der Waals surface area contributed by atoms with Crippen LogP contribution in [0.5, 0.6) is 5.75 Å². The molecule has 0 radical (unpaired) electrons. The van der Waals surface area contributed by atoms with Gasteiger partial charge < -0.3 is 14.5 Å². The number of aromatic nitrogens is 2. The van der Waals surface area contributed by atoms with Crippen molar-refractivity contribution >= 4 is 17.3 Å². The number of ether oxygens (including phenoxy) is 1. The number of amides is 1. The van der Waals surface area contributed by atoms with Crippen molar-refractivity contribution in [1.82, 2.24) is 9.78 Å². The zero-order chi connectivity index (χ0) is 20.3. The van der Waals surface area contributed by atoms with Crippen molar-refractivity contribution in [2.75, 3.05) is 5.32 Å². The van der Waals surface area contributed by atoms with Gasteiger partial charge in [-0.1, -0.05) is 6.07 Å². The van der Waals surface area contributed by atoms with Gasteiger partial charge >= 0.3 is 5.69 Å². The summed E-state index contributed by atoms with van der Waals surface area (Å²) < 4.78 is 12.8. The Bertz CT molecular complexity index is 1020. The third-order valence-corrected chi connectivity index (χ3v) is 4.22. The molecule has 146 valence electrons. The zero-order valence-corrected chi connectivity index (χ0v) is 15.8. The highest BCUT2D eigenvalue weighted by molar-refractivity contribution is 6.02. The second-order valence-electron chi connectivity index (χ2n) is 6.20. The lowest BCUT2D eigenvalue weighted by molar-refractivity contribution is -0.386. The maximum atomic E-state index is 12.4. The molecule has 0 fully saturated rings. The van der Waals surface area contributed by atoms with Crippen molar-refractivity contribution in [3.05, 3.63) is 69.4 Å². The van der Waals surface area contributed by atoms with Crippen molar-refractivity contribution in [1.29, 1.82) is 0 Å². The van der Waals surface area contributed by atoms with E-state index in [0.717, 1.165) is 11.3 Å². The van der Waals surface area contributed by atoms with E-state index >= 15 is 0 Å². The molecule has 0 spiro atoms. The molecule has 0 saturated heterocycles. The summed E-state index contributed by atoms with van der Waals surface area (Å²) in [5.74, 6) is 0.216. The summed E-state index contributed by atoms with van der Waals surface area (Å²) in [6.45, 7) is 6.25. The summed E-state index contributed by atoms with van der Waals surface area (Å²) in [5.41, 5.74) is 2.10. The molecule has 0 atom stereocenters. The van der Waals surface area contributed by atoms with Gasteiger partial charge in [0.2, 0.25) is 0 Å². The molecule has 9 heteroatoms. The lowest BCUT2D eigenvalue weighted by Crippen LogP contribution is -2.11. The number of furan rings is 1. The smallest absolute Gasteiger partial charge is 0.311 e. The minimum absolute atomic E-state index is 0.0377. The molecule has 9 nitrogen and oxygen atoms in total. The molecular formula is C19H20N4O5. The average molecular weight is 384 g/mol. The maximum absolute atomic E-state index is 12.4. The van der Waals surface area contributed by atoms with Gasteiger partial charge in [-0.15, -0.1) is 0 Å². The molecule has 2 heterocycles. The van der Waals surface area contributed by atoms with Crippen molar-refractivity contribution in [2.24, 2.45) is 0 Å². The molecule has 2 aromatic heterocycles. The van der Waals surface area contributed by atoms with Crippen LogP contribution in [0, 0.1) is 24.0 Å². The first-order chi connectivity index (χ1) is 13.4. The van der Waals surface area contributed by atoms with Gasteiger partial charge in [0.15, 0.2) is 11.5 Å². The standard InChI is InChI=1S/C19H20N4O5/c1-4-22-13(3)15(10-20-22)21-19(24)18-8-6-14(28-18)11-27-17-7-5-12(2)9-16(17)23(25)26/h5-10H,4,11H2,1-3H3,(H,21,24). The second-order valence-corrected chi connectivity index (χ2v) is 6.20. The van der Waals surface area contributed by atoms with Gasteiger partial charge in [-0.2, -0.15) is 5.10 Å². The van der Waals surface area contributed by atoms with E-state index in [9.17, 15) is 14.9 Å². The SMILES string of the molecule is CCn1ncc(NC(=O)c2ccc(COc3ccc(C)cc3[N+](=O)[O-])o2)c1C. The van der Waals surface area contributed by atoms with Crippen LogP contribution in [0.2, 0.25) is 0 Å². The first-order valence-electron chi connectivity index (χ1n) is 8.69. The van der Waals surface area contributed by atoms with Crippen LogP contribution >= 0.6 is 0 Å². The predicted octanol–water partition coefficient (Wildman–Crippen LogP) is 3.85. The Hall–Kier alpha value is -3.62. The number of hydrogen-bond acceptors (Lipinski definition) is 6. The number of anilines is 1. The molecule has 0 aliphatic carbocycles. The van der Waals surface area contributed by atoms with Gasteiger partial charge in [0.1, 0.15) is 12.4 Å². The van der Waals surface area contributed by atoms with Crippen molar-refractivity contribution in [3.63, 3.8) is 0 Å². The van der Waals surface area contributed by atoms with E-state index in [1.807, 2.05) is 13.8 Å². The lowest BCUT2D eigenvalue weighted by atomic mass is 10.2. The van der Waals surface area contributed by atoms with Crippen molar-refractivity contribution in [2.45, 2.75) is 33.9 Å². The topological polar surface area (TPSA) is 112 Å². The summed E-state index contributed by atoms with van der Waals surface area (Å²) in [6, 6.07) is 7.82. The number of benzene rings is 1. The number of nitrogens with zero attached hydrogens (tertiary/aromatic N) is 3. The van der Waals surface area contributed by atoms with Gasteiger partial charge in [-0.3, -0.25) is 19.6 Å². The number of nitro benzene ring substituents is 1. The summed E-state index contributed by atoms with van der Waals surface area (Å²) in [6.07, 6.45) is 1.58. The van der Waals surface area contributed by atoms with Crippen LogP contribution in [0.4, 0.5) is 11.4 Å². The summed E-state index contributed by atoms with van der Waals surface area (Å²) in [7, 11) is 0. The Morgan fingerprint density at radius 3 is 2.79 bits per heavy atom. The Morgan fingerprint density at radius 1 is 1.32 bits per heavy atom. The first-order valence-corrected chi connectivity index (χ1v) is 8.69. The Labute approximate surface area is 161 Å². The number of nitrogens with one attached hydrogen (secondary N) is 1. The molecular weight excluding hydrogens is 364 g/mol. The Morgan fingerprint density at radius 2 is 2.11 bits per heavy atom. The van der Waals surface area contributed by atoms with Crippen LogP contribution in [0.25, 0.3) is 0 Å². The highest BCUT2D eigenvalue weighted by atomic mass is 16.6. The molecule has 1 aromatic carbocycles. The molecule has 28 heavy (non-hydrogen) atoms. The van der Waals surface area contributed by atoms with Crippen LogP contribution in [0.15, 0.2) is 40.9 Å². The van der Waals surface area contributed by atoms with E-state index in [4.69, 9.17) is 9.15 Å². The van der Waals surface area contributed by atoms with Crippen molar-refractivity contribution < 1.29 is 18.9 Å². The van der Waals surface area contributed by atoms with Crippen LogP contribution in [0.3, 0.4) is 0 Å². The fraction of sp³-hybridized carbons (Fsp3) is 0.263. The van der Waals surface area contributed by atoms with E-state index in [1.165, 1.54) is 18.2 Å². The highest BCUT2D eigenvalue weighted by Gasteiger charge is 2.17. The lowest BCUT2D eigenvalue weighted by Gasteiger charge is -2.06. The van der Waals surface area contributed by atoms with Gasteiger partial charge in [0, 0.05) is 12.6 Å². The van der Waals surface area contributed by atoms with Crippen LogP contribution in [-0.4, -0.2) is 20.6 Å². The van der Waals surface area contributed by atoms with Crippen LogP contribution < -0.4 is 10.1 Å². The predicted molar refractivity (Wildman–Crippen MR) is 101 cm³/mol. The molecule has 3 rings (SSSR count). The number of rotatable bonds is 7. The quantitative estimate of drug-likeness (QED) is 0.489. The van der Waals surface area contributed by atoms with Gasteiger partial charge in [-0.25, -0.2) is 0 Å². The normalized spacial score (nSPS) is 10.7. The number of aryl methyl sites for hydroxylation is 2. The number of carbonyl (C=O) groups excluding carboxylic acids is 1. The molecule has 0 bridgehead atoms. The summed E-state index contributed by atoms with van der Waals surface area (Å²) in [4.78, 5) is 23.0. The second kappa shape index (κ2) is 7.95. The van der Waals surface area contributed by atoms with E-state index in [-0.39, 0.29) is 23.8 Å². The molecule has 1 N–H and O–H groups in total. The average Bonchev–Trinajstić information content (AvgIpc) is 3.28. The molecule has 0 unspecified atom stereocenters. The van der Waals surface area contributed by atoms with E-state index < -0.39 is 10.8 Å². The van der Waals surface area contributed by atoms with E-state index in [2.05, 4.69) is 10.4 Å². The molecule has 3 aromatic rings. The van der Waals surface area contributed by atoms with Gasteiger partial charge in [0.25, 0.3) is 5.91 Å². The maximum Gasteiger partial charge on any atom is 0.311 e. The fourth-order valence-corrected chi connectivity index (χ4v) is 2.69. The first kappa shape index (κ1) is 19.2. The third kappa shape index (κ3) is 4.03. The fourth-order valence-electron chi connectivity index (χ4n) is 2.69. The number of hydrogen-bond donors (Lipinski definition) is 1. The highest BCUT2D eigenvalue weighted by Crippen LogP contribution is 2.28. The van der Waals surface area contributed by atoms with Crippen LogP contribution in [-0.2, 0) is 13.2 Å². The summed E-state index contributed by atoms with van der Waals surface area (Å²) in [5, 5.41) is 18.1. The van der Waals surface area contributed by atoms with E-state index in [0.29, 0.717) is 18.0 Å². The van der Waals surface area contributed by atoms with Gasteiger partial charge in [0.05, 0.1) is 22.5 Å². The largest absolute Gasteiger partial charge is 0.479 e. The summed E-state index contributed by atoms with van der Waals surface area (Å²) >= 11 is 0. The molecule has 1 amide bonds.